The van der Waals surface area contributed by atoms with E-state index in [2.05, 4.69) is 21.8 Å². The highest BCUT2D eigenvalue weighted by atomic mass is 16.5. The fourth-order valence-electron chi connectivity index (χ4n) is 2.51. The molecule has 0 amide bonds. The van der Waals surface area contributed by atoms with Crippen molar-refractivity contribution in [3.8, 4) is 0 Å². The van der Waals surface area contributed by atoms with E-state index < -0.39 is 0 Å². The zero-order chi connectivity index (χ0) is 13.2. The van der Waals surface area contributed by atoms with Gasteiger partial charge in [-0.2, -0.15) is 4.98 Å². The van der Waals surface area contributed by atoms with Crippen LogP contribution in [-0.2, 0) is 4.74 Å². The molecule has 1 atom stereocenters. The summed E-state index contributed by atoms with van der Waals surface area (Å²) in [5, 5.41) is 1.05. The first-order valence-electron chi connectivity index (χ1n) is 6.63. The first-order valence-corrected chi connectivity index (χ1v) is 6.63. The third-order valence-electron chi connectivity index (χ3n) is 3.35. The number of aromatic nitrogens is 2. The average molecular weight is 258 g/mol. The molecule has 100 valence electrons. The van der Waals surface area contributed by atoms with Crippen molar-refractivity contribution in [2.45, 2.75) is 19.4 Å². The molecule has 1 aromatic carbocycles. The first kappa shape index (κ1) is 12.2. The van der Waals surface area contributed by atoms with Crippen LogP contribution in [0.2, 0.25) is 0 Å². The molecule has 0 saturated carbocycles. The number of benzene rings is 1. The zero-order valence-electron chi connectivity index (χ0n) is 11.0. The predicted octanol–water partition coefficient (Wildman–Crippen LogP) is 1.83. The lowest BCUT2D eigenvalue weighted by Gasteiger charge is -2.24. The highest BCUT2D eigenvalue weighted by molar-refractivity contribution is 5.90. The van der Waals surface area contributed by atoms with Gasteiger partial charge in [-0.1, -0.05) is 12.1 Å². The Morgan fingerprint density at radius 1 is 1.32 bits per heavy atom. The summed E-state index contributed by atoms with van der Waals surface area (Å²) >= 11 is 0. The molecule has 5 nitrogen and oxygen atoms in total. The molecule has 0 bridgehead atoms. The van der Waals surface area contributed by atoms with Gasteiger partial charge in [0.1, 0.15) is 5.82 Å². The lowest BCUT2D eigenvalue weighted by molar-refractivity contribution is 0.0820. The molecule has 1 aromatic heterocycles. The normalized spacial score (nSPS) is 20.5. The molecule has 1 saturated heterocycles. The van der Waals surface area contributed by atoms with E-state index in [1.54, 1.807) is 0 Å². The molecule has 1 aliphatic heterocycles. The van der Waals surface area contributed by atoms with Crippen LogP contribution in [0.25, 0.3) is 10.9 Å². The van der Waals surface area contributed by atoms with Crippen LogP contribution in [0, 0.1) is 0 Å². The summed E-state index contributed by atoms with van der Waals surface area (Å²) < 4.78 is 5.68. The molecule has 0 aliphatic carbocycles. The average Bonchev–Trinajstić information content (AvgIpc) is 2.62. The minimum absolute atomic E-state index is 0.206. The second kappa shape index (κ2) is 5.01. The summed E-state index contributed by atoms with van der Waals surface area (Å²) in [6.07, 6.45) is 1.21. The standard InChI is InChI=1S/C14H18N4O/c1-10-9-18(7-4-8-19-10)13-11-5-2-3-6-12(11)16-14(15)17-13/h2-3,5-6,10H,4,7-9H2,1H3,(H2,15,16,17). The Morgan fingerprint density at radius 3 is 3.05 bits per heavy atom. The van der Waals surface area contributed by atoms with Gasteiger partial charge in [0.25, 0.3) is 0 Å². The summed E-state index contributed by atoms with van der Waals surface area (Å²) in [6, 6.07) is 7.98. The van der Waals surface area contributed by atoms with Gasteiger partial charge in [-0.15, -0.1) is 0 Å². The molecule has 1 aliphatic rings. The van der Waals surface area contributed by atoms with E-state index in [-0.39, 0.29) is 6.10 Å². The lowest BCUT2D eigenvalue weighted by Crippen LogP contribution is -2.31. The molecule has 0 spiro atoms. The smallest absolute Gasteiger partial charge is 0.222 e. The van der Waals surface area contributed by atoms with E-state index in [0.717, 1.165) is 42.8 Å². The van der Waals surface area contributed by atoms with E-state index in [1.807, 2.05) is 24.3 Å². The lowest BCUT2D eigenvalue weighted by atomic mass is 10.2. The number of ether oxygens (including phenoxy) is 1. The molecule has 0 radical (unpaired) electrons. The van der Waals surface area contributed by atoms with Crippen molar-refractivity contribution in [3.05, 3.63) is 24.3 Å². The first-order chi connectivity index (χ1) is 9.24. The maximum atomic E-state index is 5.82. The van der Waals surface area contributed by atoms with Crippen LogP contribution in [0.5, 0.6) is 0 Å². The topological polar surface area (TPSA) is 64.3 Å². The van der Waals surface area contributed by atoms with Gasteiger partial charge in [-0.05, 0) is 25.5 Å². The van der Waals surface area contributed by atoms with E-state index >= 15 is 0 Å². The van der Waals surface area contributed by atoms with Crippen molar-refractivity contribution in [1.82, 2.24) is 9.97 Å². The maximum Gasteiger partial charge on any atom is 0.222 e. The van der Waals surface area contributed by atoms with E-state index in [9.17, 15) is 0 Å². The quantitative estimate of drug-likeness (QED) is 0.845. The molecular formula is C14H18N4O. The van der Waals surface area contributed by atoms with Crippen LogP contribution in [0.15, 0.2) is 24.3 Å². The van der Waals surface area contributed by atoms with Gasteiger partial charge < -0.3 is 15.4 Å². The molecule has 2 N–H and O–H groups in total. The van der Waals surface area contributed by atoms with Crippen LogP contribution in [0.1, 0.15) is 13.3 Å². The van der Waals surface area contributed by atoms with E-state index in [0.29, 0.717) is 5.95 Å². The number of para-hydroxylation sites is 1. The number of nitrogen functional groups attached to an aromatic ring is 1. The van der Waals surface area contributed by atoms with E-state index in [4.69, 9.17) is 10.5 Å². The number of nitrogens with zero attached hydrogens (tertiary/aromatic N) is 3. The Balaban J connectivity index is 2.07. The zero-order valence-corrected chi connectivity index (χ0v) is 11.0. The maximum absolute atomic E-state index is 5.82. The van der Waals surface area contributed by atoms with Crippen LogP contribution in [0.4, 0.5) is 11.8 Å². The summed E-state index contributed by atoms with van der Waals surface area (Å²) in [4.78, 5) is 11.0. The number of hydrogen-bond donors (Lipinski definition) is 1. The molecule has 3 rings (SSSR count). The Hall–Kier alpha value is -1.88. The molecule has 2 aromatic rings. The third-order valence-corrected chi connectivity index (χ3v) is 3.35. The van der Waals surface area contributed by atoms with Gasteiger partial charge in [0.05, 0.1) is 11.6 Å². The number of anilines is 2. The number of nitrogens with two attached hydrogens (primary N) is 1. The van der Waals surface area contributed by atoms with Gasteiger partial charge in [-0.25, -0.2) is 4.98 Å². The second-order valence-corrected chi connectivity index (χ2v) is 4.90. The largest absolute Gasteiger partial charge is 0.377 e. The van der Waals surface area contributed by atoms with Gasteiger partial charge >= 0.3 is 0 Å². The molecule has 1 unspecified atom stereocenters. The Labute approximate surface area is 112 Å². The fraction of sp³-hybridized carbons (Fsp3) is 0.429. The monoisotopic (exact) mass is 258 g/mol. The minimum Gasteiger partial charge on any atom is -0.377 e. The molecular weight excluding hydrogens is 240 g/mol. The van der Waals surface area contributed by atoms with Gasteiger partial charge in [0.15, 0.2) is 0 Å². The van der Waals surface area contributed by atoms with Crippen LogP contribution in [0.3, 0.4) is 0 Å². The van der Waals surface area contributed by atoms with E-state index in [1.165, 1.54) is 0 Å². The predicted molar refractivity (Wildman–Crippen MR) is 76.2 cm³/mol. The van der Waals surface area contributed by atoms with Crippen molar-refractivity contribution < 1.29 is 4.74 Å². The molecule has 5 heteroatoms. The Kier molecular flexibility index (Phi) is 3.21. The summed E-state index contributed by atoms with van der Waals surface area (Å²) in [7, 11) is 0. The van der Waals surface area contributed by atoms with Crippen molar-refractivity contribution in [3.63, 3.8) is 0 Å². The van der Waals surface area contributed by atoms with Crippen LogP contribution >= 0.6 is 0 Å². The van der Waals surface area contributed by atoms with Crippen molar-refractivity contribution in [2.24, 2.45) is 0 Å². The van der Waals surface area contributed by atoms with Crippen molar-refractivity contribution in [1.29, 1.82) is 0 Å². The molecule has 19 heavy (non-hydrogen) atoms. The van der Waals surface area contributed by atoms with Crippen LogP contribution < -0.4 is 10.6 Å². The summed E-state index contributed by atoms with van der Waals surface area (Å²) in [6.45, 7) is 4.66. The van der Waals surface area contributed by atoms with Crippen molar-refractivity contribution in [2.75, 3.05) is 30.3 Å². The minimum atomic E-state index is 0.206. The second-order valence-electron chi connectivity index (χ2n) is 4.90. The number of hydrogen-bond acceptors (Lipinski definition) is 5. The van der Waals surface area contributed by atoms with Gasteiger partial charge in [0.2, 0.25) is 5.95 Å². The fourth-order valence-corrected chi connectivity index (χ4v) is 2.51. The van der Waals surface area contributed by atoms with Crippen molar-refractivity contribution >= 4 is 22.7 Å². The van der Waals surface area contributed by atoms with Gasteiger partial charge in [-0.3, -0.25) is 0 Å². The third kappa shape index (κ3) is 2.46. The summed E-state index contributed by atoms with van der Waals surface area (Å²) in [5.41, 5.74) is 6.72. The highest BCUT2D eigenvalue weighted by Gasteiger charge is 2.19. The Morgan fingerprint density at radius 2 is 2.16 bits per heavy atom. The van der Waals surface area contributed by atoms with Crippen LogP contribution in [-0.4, -0.2) is 35.8 Å². The molecule has 1 fully saturated rings. The van der Waals surface area contributed by atoms with Gasteiger partial charge in [0, 0.05) is 25.1 Å². The summed E-state index contributed by atoms with van der Waals surface area (Å²) in [5.74, 6) is 1.24. The number of rotatable bonds is 1. The number of fused-ring (bicyclic) bond motifs is 1. The SMILES string of the molecule is CC1CN(c2nc(N)nc3ccccc23)CCCO1. The Bertz CT molecular complexity index is 587. The highest BCUT2D eigenvalue weighted by Crippen LogP contribution is 2.25. The molecule has 2 heterocycles.